The lowest BCUT2D eigenvalue weighted by molar-refractivity contribution is 0.137. The van der Waals surface area contributed by atoms with Crippen molar-refractivity contribution in [3.8, 4) is 0 Å². The Hall–Kier alpha value is -0.0800. The number of hydrogen-bond acceptors (Lipinski definition) is 2. The lowest BCUT2D eigenvalue weighted by Crippen LogP contribution is -2.08. The smallest absolute Gasteiger partial charge is 0.0588 e. The summed E-state index contributed by atoms with van der Waals surface area (Å²) in [7, 11) is 0. The number of hydrogen-bond donors (Lipinski definition) is 1. The third kappa shape index (κ3) is 17.8. The van der Waals surface area contributed by atoms with Crippen LogP contribution in [0.5, 0.6) is 0 Å². The Labute approximate surface area is 72.6 Å². The Morgan fingerprint density at radius 2 is 1.82 bits per heavy atom. The van der Waals surface area contributed by atoms with E-state index in [1.165, 1.54) is 19.3 Å². The molecule has 11 heavy (non-hydrogen) atoms. The zero-order chi connectivity index (χ0) is 8.95. The maximum atomic E-state index is 5.22. The molecule has 0 saturated heterocycles. The van der Waals surface area contributed by atoms with Crippen molar-refractivity contribution in [2.75, 3.05) is 19.8 Å². The first-order chi connectivity index (χ1) is 5.41. The molecule has 72 valence electrons. The summed E-state index contributed by atoms with van der Waals surface area (Å²) in [4.78, 5) is 0. The van der Waals surface area contributed by atoms with Gasteiger partial charge in [-0.05, 0) is 6.42 Å². The van der Waals surface area contributed by atoms with Gasteiger partial charge in [-0.25, -0.2) is 0 Å². The molecule has 0 unspecified atom stereocenters. The van der Waals surface area contributed by atoms with Crippen LogP contribution in [0.3, 0.4) is 0 Å². The van der Waals surface area contributed by atoms with Crippen molar-refractivity contribution in [1.29, 1.82) is 0 Å². The summed E-state index contributed by atoms with van der Waals surface area (Å²) in [6.07, 6.45) is 3.70. The van der Waals surface area contributed by atoms with Crippen molar-refractivity contribution in [3.05, 3.63) is 0 Å². The van der Waals surface area contributed by atoms with Crippen LogP contribution in [0.2, 0.25) is 0 Å². The first-order valence-corrected chi connectivity index (χ1v) is 4.69. The second kappa shape index (κ2) is 16.5. The van der Waals surface area contributed by atoms with E-state index in [1.54, 1.807) is 0 Å². The largest absolute Gasteiger partial charge is 0.380 e. The van der Waals surface area contributed by atoms with Gasteiger partial charge in [-0.3, -0.25) is 0 Å². The zero-order valence-electron chi connectivity index (χ0n) is 8.23. The van der Waals surface area contributed by atoms with Gasteiger partial charge in [0.15, 0.2) is 0 Å². The van der Waals surface area contributed by atoms with E-state index in [1.807, 2.05) is 13.8 Å². The first kappa shape index (κ1) is 13.5. The van der Waals surface area contributed by atoms with Crippen molar-refractivity contribution < 1.29 is 6.16 Å². The van der Waals surface area contributed by atoms with E-state index in [9.17, 15) is 0 Å². The highest BCUT2D eigenvalue weighted by atomic mass is 16.5. The average Bonchev–Trinajstić information content (AvgIpc) is 2.08. The van der Waals surface area contributed by atoms with Gasteiger partial charge < -0.3 is 10.5 Å². The second-order valence-electron chi connectivity index (χ2n) is 2.11. The van der Waals surface area contributed by atoms with Crippen LogP contribution in [0.15, 0.2) is 0 Å². The Morgan fingerprint density at radius 3 is 2.27 bits per heavy atom. The molecule has 0 aromatic heterocycles. The maximum Gasteiger partial charge on any atom is 0.0588 e. The fourth-order valence-corrected chi connectivity index (χ4v) is 0.640. The number of rotatable bonds is 6. The minimum absolute atomic E-state index is 0. The summed E-state index contributed by atoms with van der Waals surface area (Å²) in [6.45, 7) is 8.42. The lowest BCUT2D eigenvalue weighted by atomic mass is 10.3. The molecule has 0 aliphatic rings. The van der Waals surface area contributed by atoms with E-state index in [0.717, 1.165) is 6.61 Å². The third-order valence-corrected chi connectivity index (χ3v) is 1.15. The highest BCUT2D eigenvalue weighted by Crippen LogP contribution is 1.92. The first-order valence-electron chi connectivity index (χ1n) is 4.69. The van der Waals surface area contributed by atoms with Crippen molar-refractivity contribution in [3.63, 3.8) is 0 Å². The van der Waals surface area contributed by atoms with E-state index in [4.69, 9.17) is 10.5 Å². The Morgan fingerprint density at radius 1 is 1.18 bits per heavy atom. The molecule has 0 aliphatic carbocycles. The molecule has 0 fully saturated rings. The Balaban J connectivity index is -0.000000249. The fraction of sp³-hybridized carbons (Fsp3) is 1.00. The van der Waals surface area contributed by atoms with Crippen LogP contribution in [0.1, 0.15) is 41.5 Å². The quantitative estimate of drug-likeness (QED) is 0.610. The molecule has 0 aliphatic heterocycles. The fourth-order valence-electron chi connectivity index (χ4n) is 0.640. The van der Waals surface area contributed by atoms with Crippen LogP contribution >= 0.6 is 0 Å². The molecule has 0 spiro atoms. The van der Waals surface area contributed by atoms with Gasteiger partial charge in [-0.2, -0.15) is 0 Å². The zero-order valence-corrected chi connectivity index (χ0v) is 8.23. The molecule has 0 aromatic rings. The molecule has 0 radical (unpaired) electrons. The molecule has 2 N–H and O–H groups in total. The highest BCUT2D eigenvalue weighted by Gasteiger charge is 1.84. The van der Waals surface area contributed by atoms with E-state index < -0.39 is 0 Å². The van der Waals surface area contributed by atoms with Crippen LogP contribution in [-0.2, 0) is 4.74 Å². The lowest BCUT2D eigenvalue weighted by Gasteiger charge is -1.99. The monoisotopic (exact) mass is 163 g/mol. The van der Waals surface area contributed by atoms with Gasteiger partial charge >= 0.3 is 0 Å². The van der Waals surface area contributed by atoms with Gasteiger partial charge in [0, 0.05) is 14.6 Å². The van der Waals surface area contributed by atoms with Crippen LogP contribution in [0.25, 0.3) is 0 Å². The highest BCUT2D eigenvalue weighted by molar-refractivity contribution is 4.36. The predicted octanol–water partition coefficient (Wildman–Crippen LogP) is 2.42. The topological polar surface area (TPSA) is 35.2 Å². The predicted molar refractivity (Wildman–Crippen MR) is 52.9 cm³/mol. The van der Waals surface area contributed by atoms with Crippen LogP contribution in [0.4, 0.5) is 0 Å². The molecule has 2 heteroatoms. The van der Waals surface area contributed by atoms with E-state index >= 15 is 0 Å². The summed E-state index contributed by atoms with van der Waals surface area (Å²) in [5, 5.41) is 0. The molecule has 2 nitrogen and oxygen atoms in total. The summed E-state index contributed by atoms with van der Waals surface area (Å²) >= 11 is 0. The second-order valence-corrected chi connectivity index (χ2v) is 2.11. The van der Waals surface area contributed by atoms with Crippen molar-refractivity contribution >= 4 is 0 Å². The van der Waals surface area contributed by atoms with E-state index in [0.29, 0.717) is 13.2 Å². The maximum absolute atomic E-state index is 5.22. The summed E-state index contributed by atoms with van der Waals surface area (Å²) in [5.41, 5.74) is 5.22. The summed E-state index contributed by atoms with van der Waals surface area (Å²) in [6, 6.07) is 0. The molecule has 0 aromatic carbocycles. The summed E-state index contributed by atoms with van der Waals surface area (Å²) in [5.74, 6) is 0. The van der Waals surface area contributed by atoms with Gasteiger partial charge in [-0.1, -0.05) is 33.6 Å². The normalized spacial score (nSPS) is 8.73. The molecule has 0 saturated carbocycles. The molecule has 0 amide bonds. The minimum Gasteiger partial charge on any atom is -0.380 e. The Kier molecular flexibility index (Phi) is 20.2. The van der Waals surface area contributed by atoms with Gasteiger partial charge in [0.1, 0.15) is 0 Å². The van der Waals surface area contributed by atoms with Gasteiger partial charge in [-0.15, -0.1) is 0 Å². The molecule has 0 rings (SSSR count). The molecule has 0 bridgehead atoms. The van der Waals surface area contributed by atoms with Crippen LogP contribution < -0.4 is 5.73 Å². The molecular weight excluding hydrogens is 138 g/mol. The Bertz CT molecular complexity index is 47.8. The third-order valence-electron chi connectivity index (χ3n) is 1.15. The average molecular weight is 163 g/mol. The summed E-state index contributed by atoms with van der Waals surface area (Å²) < 4.78 is 5.16. The van der Waals surface area contributed by atoms with Crippen molar-refractivity contribution in [2.24, 2.45) is 5.73 Å². The number of nitrogens with two attached hydrogens (primary N) is 1. The van der Waals surface area contributed by atoms with Crippen molar-refractivity contribution in [1.82, 2.24) is 0 Å². The van der Waals surface area contributed by atoms with Crippen LogP contribution in [-0.4, -0.2) is 19.8 Å². The van der Waals surface area contributed by atoms with E-state index in [-0.39, 0.29) is 1.43 Å². The van der Waals surface area contributed by atoms with Gasteiger partial charge in [0.05, 0.1) is 6.61 Å². The standard InChI is InChI=1S/C7H17NO.C2H6.H2/c1-2-3-4-6-9-7-5-8;1-2;/h2-8H2,1H3;1-2H3;1H. The molecular formula is C9H25NO. The van der Waals surface area contributed by atoms with Crippen LogP contribution in [0, 0.1) is 0 Å². The molecule has 0 atom stereocenters. The minimum atomic E-state index is 0. The van der Waals surface area contributed by atoms with E-state index in [2.05, 4.69) is 6.92 Å². The number of unbranched alkanes of at least 4 members (excludes halogenated alkanes) is 2. The SMILES string of the molecule is CC.CCCCCOCCN.[HH]. The number of ether oxygens (including phenoxy) is 1. The van der Waals surface area contributed by atoms with Gasteiger partial charge in [0.2, 0.25) is 0 Å². The van der Waals surface area contributed by atoms with Gasteiger partial charge in [0.25, 0.3) is 0 Å². The molecule has 0 heterocycles. The van der Waals surface area contributed by atoms with Crippen molar-refractivity contribution in [2.45, 2.75) is 40.0 Å².